The maximum atomic E-state index is 2.43. The number of rotatable bonds is 1. The molecule has 0 aromatic rings. The second-order valence-corrected chi connectivity index (χ2v) is 5.95. The molecular formula is C17H22. The minimum atomic E-state index is 0.698. The Kier molecular flexibility index (Phi) is 2.82. The molecule has 0 amide bonds. The molecule has 0 heterocycles. The molecule has 1 saturated carbocycles. The van der Waals surface area contributed by atoms with Crippen molar-refractivity contribution in [1.82, 2.24) is 0 Å². The quantitative estimate of drug-likeness (QED) is 0.609. The highest BCUT2D eigenvalue weighted by Crippen LogP contribution is 2.50. The minimum Gasteiger partial charge on any atom is -0.0843 e. The molecule has 0 saturated heterocycles. The lowest BCUT2D eigenvalue weighted by Crippen LogP contribution is -2.11. The lowest BCUT2D eigenvalue weighted by atomic mass is 9.84. The van der Waals surface area contributed by atoms with Gasteiger partial charge in [0.25, 0.3) is 0 Å². The molecule has 3 aliphatic carbocycles. The average molecular weight is 226 g/mol. The molecule has 3 rings (SSSR count). The van der Waals surface area contributed by atoms with E-state index in [9.17, 15) is 0 Å². The smallest absolute Gasteiger partial charge is 0.00768 e. The van der Waals surface area contributed by atoms with Crippen molar-refractivity contribution in [2.75, 3.05) is 0 Å². The molecule has 0 bridgehead atoms. The number of allylic oxidation sites excluding steroid dienone is 8. The van der Waals surface area contributed by atoms with E-state index >= 15 is 0 Å². The fourth-order valence-electron chi connectivity index (χ4n) is 3.88. The van der Waals surface area contributed by atoms with Crippen LogP contribution in [0.25, 0.3) is 0 Å². The van der Waals surface area contributed by atoms with Gasteiger partial charge in [-0.2, -0.15) is 0 Å². The van der Waals surface area contributed by atoms with Crippen LogP contribution in [0, 0.1) is 23.7 Å². The summed E-state index contributed by atoms with van der Waals surface area (Å²) in [6.07, 6.45) is 17.9. The molecule has 17 heavy (non-hydrogen) atoms. The summed E-state index contributed by atoms with van der Waals surface area (Å²) in [6.45, 7) is 4.85. The fraction of sp³-hybridized carbons (Fsp3) is 0.529. The molecule has 4 unspecified atom stereocenters. The lowest BCUT2D eigenvalue weighted by Gasteiger charge is -2.21. The van der Waals surface area contributed by atoms with Crippen LogP contribution >= 0.6 is 0 Å². The Bertz CT molecular complexity index is 419. The van der Waals surface area contributed by atoms with Crippen molar-refractivity contribution >= 4 is 0 Å². The Morgan fingerprint density at radius 2 is 2.00 bits per heavy atom. The van der Waals surface area contributed by atoms with Gasteiger partial charge in [-0.1, -0.05) is 55.9 Å². The maximum absolute atomic E-state index is 2.43. The Hall–Kier alpha value is -1.04. The molecule has 0 nitrogen and oxygen atoms in total. The van der Waals surface area contributed by atoms with Crippen LogP contribution in [0.3, 0.4) is 0 Å². The van der Waals surface area contributed by atoms with Crippen LogP contribution in [0.2, 0.25) is 0 Å². The molecule has 3 aliphatic rings. The highest BCUT2D eigenvalue weighted by atomic mass is 14.4. The van der Waals surface area contributed by atoms with Crippen molar-refractivity contribution < 1.29 is 0 Å². The van der Waals surface area contributed by atoms with Gasteiger partial charge in [0.05, 0.1) is 0 Å². The second kappa shape index (κ2) is 4.33. The van der Waals surface area contributed by atoms with Gasteiger partial charge in [0.15, 0.2) is 0 Å². The first kappa shape index (κ1) is 11.1. The molecule has 0 radical (unpaired) electrons. The molecule has 0 heteroatoms. The van der Waals surface area contributed by atoms with E-state index in [-0.39, 0.29) is 0 Å². The zero-order chi connectivity index (χ0) is 11.8. The number of hydrogen-bond acceptors (Lipinski definition) is 0. The largest absolute Gasteiger partial charge is 0.0843 e. The normalized spacial score (nSPS) is 39.9. The van der Waals surface area contributed by atoms with Gasteiger partial charge in [-0.3, -0.25) is 0 Å². The summed E-state index contributed by atoms with van der Waals surface area (Å²) >= 11 is 0. The van der Waals surface area contributed by atoms with E-state index in [1.54, 1.807) is 11.1 Å². The summed E-state index contributed by atoms with van der Waals surface area (Å²) in [7, 11) is 0. The Morgan fingerprint density at radius 1 is 1.12 bits per heavy atom. The van der Waals surface area contributed by atoms with E-state index in [0.717, 1.165) is 24.2 Å². The summed E-state index contributed by atoms with van der Waals surface area (Å²) in [6, 6.07) is 0. The monoisotopic (exact) mass is 226 g/mol. The molecule has 0 aromatic heterocycles. The third-order valence-electron chi connectivity index (χ3n) is 4.76. The van der Waals surface area contributed by atoms with E-state index in [2.05, 4.69) is 50.3 Å². The van der Waals surface area contributed by atoms with Crippen LogP contribution in [-0.4, -0.2) is 0 Å². The summed E-state index contributed by atoms with van der Waals surface area (Å²) in [5.74, 6) is 3.15. The zero-order valence-corrected chi connectivity index (χ0v) is 10.9. The molecule has 0 spiro atoms. The van der Waals surface area contributed by atoms with E-state index in [0.29, 0.717) is 5.92 Å². The van der Waals surface area contributed by atoms with Crippen molar-refractivity contribution in [2.24, 2.45) is 23.7 Å². The van der Waals surface area contributed by atoms with Crippen molar-refractivity contribution in [3.63, 3.8) is 0 Å². The van der Waals surface area contributed by atoms with Crippen LogP contribution in [0.4, 0.5) is 0 Å². The van der Waals surface area contributed by atoms with Crippen molar-refractivity contribution in [1.29, 1.82) is 0 Å². The highest BCUT2D eigenvalue weighted by Gasteiger charge is 2.39. The summed E-state index contributed by atoms with van der Waals surface area (Å²) < 4.78 is 0. The number of fused-ring (bicyclic) bond motifs is 1. The van der Waals surface area contributed by atoms with E-state index in [4.69, 9.17) is 0 Å². The molecular weight excluding hydrogens is 204 g/mol. The Morgan fingerprint density at radius 3 is 2.76 bits per heavy atom. The summed E-state index contributed by atoms with van der Waals surface area (Å²) in [5, 5.41) is 0. The zero-order valence-electron chi connectivity index (χ0n) is 10.9. The third kappa shape index (κ3) is 1.84. The molecule has 0 aliphatic heterocycles. The van der Waals surface area contributed by atoms with Crippen molar-refractivity contribution in [3.8, 4) is 0 Å². The lowest BCUT2D eigenvalue weighted by molar-refractivity contribution is 0.395. The molecule has 1 fully saturated rings. The summed E-state index contributed by atoms with van der Waals surface area (Å²) in [4.78, 5) is 0. The van der Waals surface area contributed by atoms with E-state index in [1.807, 2.05) is 0 Å². The molecule has 4 atom stereocenters. The highest BCUT2D eigenvalue weighted by molar-refractivity contribution is 5.40. The van der Waals surface area contributed by atoms with Crippen LogP contribution in [-0.2, 0) is 0 Å². The summed E-state index contributed by atoms with van der Waals surface area (Å²) in [5.41, 5.74) is 3.28. The first-order valence-electron chi connectivity index (χ1n) is 7.00. The SMILES string of the molecule is CC1CC=CC=C2C1CC(C)C2C1=CCC=C1. The first-order chi connectivity index (χ1) is 8.27. The predicted molar refractivity (Wildman–Crippen MR) is 73.6 cm³/mol. The van der Waals surface area contributed by atoms with Gasteiger partial charge >= 0.3 is 0 Å². The Labute approximate surface area is 105 Å². The minimum absolute atomic E-state index is 0.698. The predicted octanol–water partition coefficient (Wildman–Crippen LogP) is 4.67. The van der Waals surface area contributed by atoms with Gasteiger partial charge in [-0.05, 0) is 42.6 Å². The van der Waals surface area contributed by atoms with E-state index < -0.39 is 0 Å². The van der Waals surface area contributed by atoms with Crippen LogP contribution < -0.4 is 0 Å². The number of hydrogen-bond donors (Lipinski definition) is 0. The average Bonchev–Trinajstić information content (AvgIpc) is 2.88. The molecule has 0 N–H and O–H groups in total. The van der Waals surface area contributed by atoms with Gasteiger partial charge in [0.1, 0.15) is 0 Å². The van der Waals surface area contributed by atoms with Gasteiger partial charge in [0, 0.05) is 5.92 Å². The maximum Gasteiger partial charge on any atom is 0.00768 e. The topological polar surface area (TPSA) is 0 Å². The van der Waals surface area contributed by atoms with Crippen LogP contribution in [0.5, 0.6) is 0 Å². The molecule has 90 valence electrons. The first-order valence-corrected chi connectivity index (χ1v) is 7.00. The van der Waals surface area contributed by atoms with Gasteiger partial charge in [-0.25, -0.2) is 0 Å². The van der Waals surface area contributed by atoms with Gasteiger partial charge in [0.2, 0.25) is 0 Å². The van der Waals surface area contributed by atoms with Crippen LogP contribution in [0.1, 0.15) is 33.1 Å². The van der Waals surface area contributed by atoms with Crippen LogP contribution in [0.15, 0.2) is 47.6 Å². The van der Waals surface area contributed by atoms with Crippen molar-refractivity contribution in [2.45, 2.75) is 33.1 Å². The standard InChI is InChI=1S/C17H22/c1-12-7-3-6-10-15-16(12)11-13(2)17(15)14-8-4-5-9-14/h3-4,6,8-10,12-13,16-17H,5,7,11H2,1-2H3. The van der Waals surface area contributed by atoms with E-state index in [1.165, 1.54) is 12.8 Å². The fourth-order valence-corrected chi connectivity index (χ4v) is 3.88. The van der Waals surface area contributed by atoms with Gasteiger partial charge < -0.3 is 0 Å². The Balaban J connectivity index is 1.96. The van der Waals surface area contributed by atoms with Crippen molar-refractivity contribution in [3.05, 3.63) is 47.6 Å². The second-order valence-electron chi connectivity index (χ2n) is 5.95. The van der Waals surface area contributed by atoms with Gasteiger partial charge in [-0.15, -0.1) is 0 Å². The third-order valence-corrected chi connectivity index (χ3v) is 4.76. The molecule has 0 aromatic carbocycles.